The van der Waals surface area contributed by atoms with Crippen molar-refractivity contribution in [2.24, 2.45) is 0 Å². The second-order valence-electron chi connectivity index (χ2n) is 3.60. The van der Waals surface area contributed by atoms with Gasteiger partial charge in [0.15, 0.2) is 0 Å². The van der Waals surface area contributed by atoms with Crippen LogP contribution in [0.5, 0.6) is 0 Å². The van der Waals surface area contributed by atoms with Gasteiger partial charge in [-0.15, -0.1) is 0 Å². The highest BCUT2D eigenvalue weighted by atomic mass is 32.2. The predicted molar refractivity (Wildman–Crippen MR) is 58.8 cm³/mol. The molecule has 0 atom stereocenters. The molecule has 0 unspecified atom stereocenters. The third-order valence-corrected chi connectivity index (χ3v) is 5.62. The molecule has 16 heavy (non-hydrogen) atoms. The molecule has 0 aromatic rings. The van der Waals surface area contributed by atoms with E-state index in [1.54, 1.807) is 0 Å². The minimum atomic E-state index is -3.21. The molecule has 0 spiro atoms. The molecule has 6 nitrogen and oxygen atoms in total. The van der Waals surface area contributed by atoms with E-state index in [2.05, 4.69) is 0 Å². The summed E-state index contributed by atoms with van der Waals surface area (Å²) in [5.74, 6) is -0.0219. The first-order valence-electron chi connectivity index (χ1n) is 4.81. The van der Waals surface area contributed by atoms with Gasteiger partial charge in [-0.1, -0.05) is 0 Å². The predicted octanol–water partition coefficient (Wildman–Crippen LogP) is -0.000200. The van der Waals surface area contributed by atoms with Crippen LogP contribution in [0.2, 0.25) is 0 Å². The van der Waals surface area contributed by atoms with Gasteiger partial charge in [-0.25, -0.2) is 25.4 Å². The highest BCUT2D eigenvalue weighted by molar-refractivity contribution is 7.89. The number of rotatable bonds is 7. The summed E-state index contributed by atoms with van der Waals surface area (Å²) >= 11 is 0. The lowest BCUT2D eigenvalue weighted by Crippen LogP contribution is -2.18. The smallest absolute Gasteiger partial charge is 0.238 e. The van der Waals surface area contributed by atoms with Gasteiger partial charge in [0.2, 0.25) is 20.0 Å². The third-order valence-electron chi connectivity index (χ3n) is 2.24. The number of sulfonamides is 2. The van der Waals surface area contributed by atoms with Gasteiger partial charge in [0.25, 0.3) is 0 Å². The zero-order valence-electron chi connectivity index (χ0n) is 8.48. The summed E-state index contributed by atoms with van der Waals surface area (Å²) < 4.78 is 47.7. The van der Waals surface area contributed by atoms with E-state index >= 15 is 0 Å². The molecule has 2 aliphatic heterocycles. The average Bonchev–Trinajstić information content (AvgIpc) is 3.06. The van der Waals surface area contributed by atoms with Crippen molar-refractivity contribution in [1.29, 1.82) is 0 Å². The van der Waals surface area contributed by atoms with Gasteiger partial charge in [-0.2, -0.15) is 0 Å². The first-order valence-corrected chi connectivity index (χ1v) is 8.03. The van der Waals surface area contributed by atoms with Crippen LogP contribution in [0.4, 0.5) is 0 Å². The molecular weight excluding hydrogens is 252 g/mol. The maximum absolute atomic E-state index is 11.4. The molecule has 2 rings (SSSR count). The van der Waals surface area contributed by atoms with Gasteiger partial charge in [0, 0.05) is 24.8 Å². The largest absolute Gasteiger partial charge is 0.250 e. The zero-order chi connectivity index (χ0) is 11.8. The Morgan fingerprint density at radius 3 is 1.25 bits per heavy atom. The minimum Gasteiger partial charge on any atom is -0.250 e. The van der Waals surface area contributed by atoms with E-state index in [1.807, 2.05) is 0 Å². The Kier molecular flexibility index (Phi) is 2.70. The van der Waals surface area contributed by atoms with E-state index in [4.69, 9.17) is 0 Å². The topological polar surface area (TPSA) is 74.3 Å². The summed E-state index contributed by atoms with van der Waals surface area (Å²) in [5, 5.41) is 0. The monoisotopic (exact) mass is 264 g/mol. The Balaban J connectivity index is 1.69. The van der Waals surface area contributed by atoms with Crippen LogP contribution < -0.4 is 0 Å². The van der Waals surface area contributed by atoms with Crippen LogP contribution >= 0.6 is 0 Å². The summed E-state index contributed by atoms with van der Waals surface area (Å²) in [4.78, 5) is 0. The Bertz CT molecular complexity index is 470. The molecular formula is C8H12N2O4S2. The van der Waals surface area contributed by atoms with Crippen molar-refractivity contribution in [2.45, 2.75) is 12.8 Å². The van der Waals surface area contributed by atoms with Gasteiger partial charge < -0.3 is 0 Å². The highest BCUT2D eigenvalue weighted by Crippen LogP contribution is 2.18. The van der Waals surface area contributed by atoms with Crippen LogP contribution in [0.25, 0.3) is 0 Å². The van der Waals surface area contributed by atoms with Crippen molar-refractivity contribution < 1.29 is 16.8 Å². The van der Waals surface area contributed by atoms with Crippen molar-refractivity contribution in [3.63, 3.8) is 0 Å². The van der Waals surface area contributed by atoms with Gasteiger partial charge >= 0.3 is 0 Å². The summed E-state index contributed by atoms with van der Waals surface area (Å²) in [6, 6.07) is 0. The van der Waals surface area contributed by atoms with Gasteiger partial charge in [-0.3, -0.25) is 0 Å². The molecule has 2 aliphatic rings. The molecule has 90 valence electrons. The maximum atomic E-state index is 11.4. The zero-order valence-corrected chi connectivity index (χ0v) is 10.1. The fraction of sp³-hybridized carbons (Fsp3) is 0.500. The molecule has 0 saturated heterocycles. The van der Waals surface area contributed by atoms with Crippen molar-refractivity contribution in [3.8, 4) is 0 Å². The Morgan fingerprint density at radius 2 is 1.00 bits per heavy atom. The lowest BCUT2D eigenvalue weighted by Gasteiger charge is -2.06. The third kappa shape index (κ3) is 2.76. The van der Waals surface area contributed by atoms with Gasteiger partial charge in [0.1, 0.15) is 0 Å². The molecule has 0 N–H and O–H groups in total. The van der Waals surface area contributed by atoms with Crippen LogP contribution in [-0.4, -0.2) is 37.0 Å². The quantitative estimate of drug-likeness (QED) is 0.607. The first kappa shape index (κ1) is 11.5. The van der Waals surface area contributed by atoms with Gasteiger partial charge in [-0.05, 0) is 12.8 Å². The molecule has 0 radical (unpaired) electrons. The summed E-state index contributed by atoms with van der Waals surface area (Å²) in [5.41, 5.74) is 0. The molecule has 0 aromatic heterocycles. The Labute approximate surface area is 94.9 Å². The van der Waals surface area contributed by atoms with E-state index in [9.17, 15) is 16.8 Å². The van der Waals surface area contributed by atoms with Gasteiger partial charge in [0.05, 0.1) is 11.5 Å². The first-order chi connectivity index (χ1) is 7.42. The van der Waals surface area contributed by atoms with Crippen LogP contribution in [0, 0.1) is 0 Å². The highest BCUT2D eigenvalue weighted by Gasteiger charge is 2.25. The summed E-state index contributed by atoms with van der Waals surface area (Å²) in [6.45, 7) is 0. The summed E-state index contributed by atoms with van der Waals surface area (Å²) in [6.07, 6.45) is 6.57. The molecule has 2 heterocycles. The van der Waals surface area contributed by atoms with Crippen LogP contribution in [0.3, 0.4) is 0 Å². The average molecular weight is 264 g/mol. The molecule has 0 amide bonds. The molecule has 0 aromatic carbocycles. The molecule has 0 saturated carbocycles. The molecule has 0 fully saturated rings. The second kappa shape index (κ2) is 3.77. The van der Waals surface area contributed by atoms with E-state index < -0.39 is 20.0 Å². The lowest BCUT2D eigenvalue weighted by molar-refractivity contribution is 0.558. The minimum absolute atomic E-state index is 0.0110. The van der Waals surface area contributed by atoms with Crippen molar-refractivity contribution in [3.05, 3.63) is 24.8 Å². The fourth-order valence-corrected chi connectivity index (χ4v) is 3.62. The van der Waals surface area contributed by atoms with E-state index in [0.29, 0.717) is 12.8 Å². The lowest BCUT2D eigenvalue weighted by atomic mass is 10.4. The van der Waals surface area contributed by atoms with Crippen molar-refractivity contribution in [1.82, 2.24) is 8.61 Å². The Morgan fingerprint density at radius 1 is 0.688 bits per heavy atom. The number of nitrogens with zero attached hydrogens (tertiary/aromatic N) is 2. The number of hydrogen-bond acceptors (Lipinski definition) is 4. The van der Waals surface area contributed by atoms with Crippen LogP contribution in [0.1, 0.15) is 12.8 Å². The van der Waals surface area contributed by atoms with Crippen molar-refractivity contribution in [2.75, 3.05) is 11.5 Å². The SMILES string of the molecule is O=S(=O)(CCCCS(=O)(=O)N1C=C1)N1C=C1. The van der Waals surface area contributed by atoms with E-state index in [-0.39, 0.29) is 11.5 Å². The second-order valence-corrected chi connectivity index (χ2v) is 7.58. The molecule has 0 aliphatic carbocycles. The Hall–Kier alpha value is -1.02. The standard InChI is InChI=1S/C8H12N2O4S2/c11-15(12,9-3-4-9)7-1-2-8-16(13,14)10-5-6-10/h3-6H,1-2,7-8H2. The van der Waals surface area contributed by atoms with Crippen LogP contribution in [0.15, 0.2) is 24.8 Å². The number of hydrogen-bond donors (Lipinski definition) is 0. The van der Waals surface area contributed by atoms with Crippen LogP contribution in [-0.2, 0) is 20.0 Å². The fourth-order valence-electron chi connectivity index (χ4n) is 1.21. The molecule has 8 heteroatoms. The normalized spacial score (nSPS) is 18.0. The summed E-state index contributed by atoms with van der Waals surface area (Å²) in [7, 11) is -6.42. The van der Waals surface area contributed by atoms with E-state index in [0.717, 1.165) is 8.61 Å². The molecule has 0 bridgehead atoms. The number of unbranched alkanes of at least 4 members (excludes halogenated alkanes) is 1. The van der Waals surface area contributed by atoms with Crippen molar-refractivity contribution >= 4 is 20.0 Å². The maximum Gasteiger partial charge on any atom is 0.238 e. The van der Waals surface area contributed by atoms with E-state index in [1.165, 1.54) is 24.8 Å².